The van der Waals surface area contributed by atoms with E-state index in [1.54, 1.807) is 0 Å². The van der Waals surface area contributed by atoms with Crippen LogP contribution in [-0.4, -0.2) is 5.33 Å². The maximum absolute atomic E-state index is 3.34. The maximum Gasteiger partial charge on any atom is 0.0649 e. The Hall–Kier alpha value is -0.740. The van der Waals surface area contributed by atoms with Crippen molar-refractivity contribution in [3.05, 3.63) is 34.4 Å². The molecule has 0 aliphatic carbocycles. The number of halogens is 1. The van der Waals surface area contributed by atoms with Gasteiger partial charge in [0.25, 0.3) is 0 Å². The minimum atomic E-state index is 0.743. The van der Waals surface area contributed by atoms with Gasteiger partial charge in [-0.05, 0) is 30.9 Å². The molecule has 0 saturated carbocycles. The smallest absolute Gasteiger partial charge is 0.0649 e. The highest BCUT2D eigenvalue weighted by Gasteiger charge is 2.04. The summed E-state index contributed by atoms with van der Waals surface area (Å²) in [5.41, 5.74) is 5.33. The average molecular weight is 265 g/mol. The van der Waals surface area contributed by atoms with Gasteiger partial charge in [0.2, 0.25) is 0 Å². The van der Waals surface area contributed by atoms with Crippen LogP contribution in [0, 0.1) is 18.8 Å². The summed E-state index contributed by atoms with van der Waals surface area (Å²) in [4.78, 5) is 0. The normalized spacial score (nSPS) is 9.60. The van der Waals surface area contributed by atoms with E-state index >= 15 is 0 Å². The van der Waals surface area contributed by atoms with Gasteiger partial charge in [0.15, 0.2) is 0 Å². The molecule has 1 heteroatoms. The second-order valence-electron chi connectivity index (χ2n) is 3.60. The summed E-state index contributed by atoms with van der Waals surface area (Å²) < 4.78 is 0. The van der Waals surface area contributed by atoms with Crippen molar-refractivity contribution >= 4 is 15.9 Å². The molecule has 0 atom stereocenters. The Morgan fingerprint density at radius 2 is 1.67 bits per heavy atom. The largest absolute Gasteiger partial charge is 0.0863 e. The van der Waals surface area contributed by atoms with Crippen molar-refractivity contribution in [2.75, 3.05) is 5.33 Å². The first-order chi connectivity index (χ1) is 7.22. The standard InChI is InChI=1S/C14H17Br/c1-4-12-9-11(3)10-13(5-2)14(12)7-6-8-15/h9-10H,4-5,8H2,1-3H3. The number of hydrogen-bond acceptors (Lipinski definition) is 0. The molecule has 0 unspecified atom stereocenters. The molecular weight excluding hydrogens is 248 g/mol. The molecule has 0 saturated heterocycles. The molecule has 0 radical (unpaired) electrons. The van der Waals surface area contributed by atoms with Gasteiger partial charge in [-0.25, -0.2) is 0 Å². The van der Waals surface area contributed by atoms with Crippen molar-refractivity contribution in [2.45, 2.75) is 33.6 Å². The third-order valence-corrected chi connectivity index (χ3v) is 2.77. The van der Waals surface area contributed by atoms with Crippen LogP contribution in [0.1, 0.15) is 36.1 Å². The number of alkyl halides is 1. The lowest BCUT2D eigenvalue weighted by atomic mass is 9.95. The van der Waals surface area contributed by atoms with Crippen LogP contribution < -0.4 is 0 Å². The van der Waals surface area contributed by atoms with Crippen LogP contribution in [0.3, 0.4) is 0 Å². The van der Waals surface area contributed by atoms with Crippen molar-refractivity contribution < 1.29 is 0 Å². The van der Waals surface area contributed by atoms with Gasteiger partial charge >= 0.3 is 0 Å². The molecule has 0 nitrogen and oxygen atoms in total. The SMILES string of the molecule is CCc1cc(C)cc(CC)c1C#CCBr. The fraction of sp³-hybridized carbons (Fsp3) is 0.429. The summed E-state index contributed by atoms with van der Waals surface area (Å²) in [7, 11) is 0. The third kappa shape index (κ3) is 3.11. The lowest BCUT2D eigenvalue weighted by Crippen LogP contribution is -1.96. The molecule has 0 aromatic heterocycles. The van der Waals surface area contributed by atoms with E-state index in [-0.39, 0.29) is 0 Å². The molecule has 80 valence electrons. The Morgan fingerprint density at radius 1 is 1.13 bits per heavy atom. The second-order valence-corrected chi connectivity index (χ2v) is 4.16. The summed E-state index contributed by atoms with van der Waals surface area (Å²) in [6, 6.07) is 4.49. The number of benzene rings is 1. The van der Waals surface area contributed by atoms with Crippen LogP contribution in [-0.2, 0) is 12.8 Å². The van der Waals surface area contributed by atoms with Crippen LogP contribution in [0.2, 0.25) is 0 Å². The number of rotatable bonds is 2. The molecule has 0 fully saturated rings. The highest BCUT2D eigenvalue weighted by atomic mass is 79.9. The Labute approximate surface area is 101 Å². The molecule has 0 spiro atoms. The minimum Gasteiger partial charge on any atom is -0.0863 e. The number of aryl methyl sites for hydroxylation is 3. The highest BCUT2D eigenvalue weighted by Crippen LogP contribution is 2.18. The van der Waals surface area contributed by atoms with Gasteiger partial charge in [0, 0.05) is 5.56 Å². The molecule has 0 N–H and O–H groups in total. The Morgan fingerprint density at radius 3 is 2.07 bits per heavy atom. The van der Waals surface area contributed by atoms with Crippen molar-refractivity contribution in [2.24, 2.45) is 0 Å². The van der Waals surface area contributed by atoms with Crippen LogP contribution in [0.15, 0.2) is 12.1 Å². The maximum atomic E-state index is 3.34. The van der Waals surface area contributed by atoms with Crippen molar-refractivity contribution in [3.63, 3.8) is 0 Å². The monoisotopic (exact) mass is 264 g/mol. The minimum absolute atomic E-state index is 0.743. The molecule has 1 rings (SSSR count). The van der Waals surface area contributed by atoms with E-state index in [4.69, 9.17) is 0 Å². The summed E-state index contributed by atoms with van der Waals surface area (Å²) in [5, 5.41) is 0.743. The molecule has 0 heterocycles. The highest BCUT2D eigenvalue weighted by molar-refractivity contribution is 9.09. The molecule has 1 aromatic carbocycles. The predicted molar refractivity (Wildman–Crippen MR) is 70.6 cm³/mol. The van der Waals surface area contributed by atoms with Crippen molar-refractivity contribution in [3.8, 4) is 11.8 Å². The van der Waals surface area contributed by atoms with Gasteiger partial charge in [0.05, 0.1) is 5.33 Å². The molecular formula is C14H17Br. The fourth-order valence-corrected chi connectivity index (χ4v) is 1.92. The summed E-state index contributed by atoms with van der Waals surface area (Å²) >= 11 is 3.34. The first-order valence-electron chi connectivity index (χ1n) is 5.40. The van der Waals surface area contributed by atoms with Gasteiger partial charge in [-0.3, -0.25) is 0 Å². The average Bonchev–Trinajstić information content (AvgIpc) is 2.26. The van der Waals surface area contributed by atoms with Gasteiger partial charge in [-0.15, -0.1) is 0 Å². The lowest BCUT2D eigenvalue weighted by molar-refractivity contribution is 1.06. The first kappa shape index (κ1) is 12.3. The zero-order chi connectivity index (χ0) is 11.3. The van der Waals surface area contributed by atoms with Crippen LogP contribution in [0.5, 0.6) is 0 Å². The van der Waals surface area contributed by atoms with E-state index in [1.165, 1.54) is 22.3 Å². The van der Waals surface area contributed by atoms with Crippen molar-refractivity contribution in [1.29, 1.82) is 0 Å². The summed E-state index contributed by atoms with van der Waals surface area (Å²) in [6.07, 6.45) is 2.11. The predicted octanol–water partition coefficient (Wildman–Crippen LogP) is 3.87. The van der Waals surface area contributed by atoms with Gasteiger partial charge in [-0.1, -0.05) is 59.3 Å². The van der Waals surface area contributed by atoms with E-state index in [0.717, 1.165) is 18.2 Å². The molecule has 15 heavy (non-hydrogen) atoms. The van der Waals surface area contributed by atoms with Crippen LogP contribution in [0.4, 0.5) is 0 Å². The van der Waals surface area contributed by atoms with Gasteiger partial charge in [-0.2, -0.15) is 0 Å². The Kier molecular flexibility index (Phi) is 4.91. The van der Waals surface area contributed by atoms with E-state index < -0.39 is 0 Å². The van der Waals surface area contributed by atoms with E-state index in [0.29, 0.717) is 0 Å². The molecule has 0 aliphatic heterocycles. The zero-order valence-electron chi connectivity index (χ0n) is 9.65. The van der Waals surface area contributed by atoms with Gasteiger partial charge in [0.1, 0.15) is 0 Å². The zero-order valence-corrected chi connectivity index (χ0v) is 11.2. The molecule has 0 bridgehead atoms. The van der Waals surface area contributed by atoms with Crippen molar-refractivity contribution in [1.82, 2.24) is 0 Å². The second kappa shape index (κ2) is 5.98. The summed E-state index contributed by atoms with van der Waals surface area (Å²) in [5.74, 6) is 6.36. The van der Waals surface area contributed by atoms with Crippen LogP contribution >= 0.6 is 15.9 Å². The first-order valence-corrected chi connectivity index (χ1v) is 6.52. The Bertz CT molecular complexity index is 369. The Balaban J connectivity index is 3.30. The molecule has 1 aromatic rings. The van der Waals surface area contributed by atoms with Crippen LogP contribution in [0.25, 0.3) is 0 Å². The van der Waals surface area contributed by atoms with E-state index in [9.17, 15) is 0 Å². The lowest BCUT2D eigenvalue weighted by Gasteiger charge is -2.09. The van der Waals surface area contributed by atoms with E-state index in [2.05, 4.69) is 60.7 Å². The summed E-state index contributed by atoms with van der Waals surface area (Å²) in [6.45, 7) is 6.53. The molecule has 0 amide bonds. The van der Waals surface area contributed by atoms with Gasteiger partial charge < -0.3 is 0 Å². The third-order valence-electron chi connectivity index (χ3n) is 2.49. The topological polar surface area (TPSA) is 0 Å². The fourth-order valence-electron chi connectivity index (χ4n) is 1.78. The van der Waals surface area contributed by atoms with E-state index in [1.807, 2.05) is 0 Å². The molecule has 0 aliphatic rings. The number of hydrogen-bond donors (Lipinski definition) is 0. The quantitative estimate of drug-likeness (QED) is 0.562.